The van der Waals surface area contributed by atoms with Gasteiger partial charge in [-0.3, -0.25) is 0 Å². The van der Waals surface area contributed by atoms with Crippen molar-refractivity contribution in [1.29, 1.82) is 0 Å². The van der Waals surface area contributed by atoms with Crippen LogP contribution in [0, 0.1) is 11.7 Å². The van der Waals surface area contributed by atoms with Gasteiger partial charge in [0.05, 0.1) is 0 Å². The van der Waals surface area contributed by atoms with E-state index >= 15 is 0 Å². The lowest BCUT2D eigenvalue weighted by Gasteiger charge is -2.19. The highest BCUT2D eigenvalue weighted by atomic mass is 19.1. The van der Waals surface area contributed by atoms with Crippen LogP contribution in [-0.4, -0.2) is 6.04 Å². The number of benzene rings is 1. The number of nitrogens with one attached hydrogen (secondary N) is 1. The Labute approximate surface area is 84.3 Å². The van der Waals surface area contributed by atoms with E-state index in [2.05, 4.69) is 26.1 Å². The summed E-state index contributed by atoms with van der Waals surface area (Å²) >= 11 is 0. The Bertz CT molecular complexity index is 290. The monoisotopic (exact) mass is 196 g/mol. The topological polar surface area (TPSA) is 38.0 Å². The lowest BCUT2D eigenvalue weighted by molar-refractivity contribution is 0.559. The average Bonchev–Trinajstić information content (AvgIpc) is 2.01. The zero-order valence-electron chi connectivity index (χ0n) is 8.84. The Hall–Kier alpha value is -1.25. The molecular weight excluding hydrogens is 179 g/mol. The highest BCUT2D eigenvalue weighted by molar-refractivity contribution is 5.55. The quantitative estimate of drug-likeness (QED) is 0.729. The molecule has 0 saturated heterocycles. The van der Waals surface area contributed by atoms with Crippen LogP contribution in [0.2, 0.25) is 0 Å². The van der Waals surface area contributed by atoms with E-state index in [1.165, 1.54) is 12.1 Å². The summed E-state index contributed by atoms with van der Waals surface area (Å²) in [5, 5.41) is 3.20. The number of nitrogens with two attached hydrogens (primary N) is 1. The molecule has 0 aliphatic carbocycles. The number of anilines is 2. The summed E-state index contributed by atoms with van der Waals surface area (Å²) in [5.74, 6) is 0.197. The summed E-state index contributed by atoms with van der Waals surface area (Å²) in [6.45, 7) is 6.28. The first-order valence-corrected chi connectivity index (χ1v) is 4.81. The molecular formula is C11H17FN2. The average molecular weight is 196 g/mol. The van der Waals surface area contributed by atoms with Crippen molar-refractivity contribution in [3.05, 3.63) is 24.0 Å². The van der Waals surface area contributed by atoms with E-state index in [4.69, 9.17) is 5.73 Å². The van der Waals surface area contributed by atoms with E-state index in [1.807, 2.05) is 0 Å². The normalized spacial score (nSPS) is 12.9. The number of halogens is 1. The number of hydrogen-bond donors (Lipinski definition) is 2. The molecule has 14 heavy (non-hydrogen) atoms. The summed E-state index contributed by atoms with van der Waals surface area (Å²) in [6, 6.07) is 4.80. The van der Waals surface area contributed by atoms with Gasteiger partial charge < -0.3 is 11.1 Å². The predicted octanol–water partition coefficient (Wildman–Crippen LogP) is 2.86. The van der Waals surface area contributed by atoms with Gasteiger partial charge in [-0.05, 0) is 31.0 Å². The van der Waals surface area contributed by atoms with Crippen LogP contribution in [-0.2, 0) is 0 Å². The molecule has 0 bridgehead atoms. The molecule has 1 atom stereocenters. The molecule has 3 N–H and O–H groups in total. The maximum atomic E-state index is 13.0. The molecule has 1 aromatic carbocycles. The third-order valence-electron chi connectivity index (χ3n) is 2.31. The van der Waals surface area contributed by atoms with Crippen LogP contribution in [0.3, 0.4) is 0 Å². The molecule has 0 spiro atoms. The van der Waals surface area contributed by atoms with Crippen molar-refractivity contribution in [3.63, 3.8) is 0 Å². The van der Waals surface area contributed by atoms with Crippen LogP contribution in [0.25, 0.3) is 0 Å². The highest BCUT2D eigenvalue weighted by Crippen LogP contribution is 2.17. The van der Waals surface area contributed by atoms with Crippen molar-refractivity contribution in [2.45, 2.75) is 26.8 Å². The fraction of sp³-hybridized carbons (Fsp3) is 0.455. The van der Waals surface area contributed by atoms with Crippen LogP contribution in [0.1, 0.15) is 20.8 Å². The Kier molecular flexibility index (Phi) is 3.33. The van der Waals surface area contributed by atoms with Crippen LogP contribution in [0.5, 0.6) is 0 Å². The molecule has 0 aliphatic heterocycles. The first-order valence-electron chi connectivity index (χ1n) is 4.81. The van der Waals surface area contributed by atoms with Gasteiger partial charge in [0.25, 0.3) is 0 Å². The summed E-state index contributed by atoms with van der Waals surface area (Å²) in [6.07, 6.45) is 0. The number of rotatable bonds is 3. The standard InChI is InChI=1S/C11H17FN2/c1-7(2)8(3)14-11-5-9(12)4-10(13)6-11/h4-8,14H,13H2,1-3H3. The molecule has 2 nitrogen and oxygen atoms in total. The first-order chi connectivity index (χ1) is 6.49. The van der Waals surface area contributed by atoms with E-state index in [1.54, 1.807) is 6.07 Å². The smallest absolute Gasteiger partial charge is 0.127 e. The molecule has 1 aromatic rings. The van der Waals surface area contributed by atoms with Gasteiger partial charge in [-0.25, -0.2) is 4.39 Å². The van der Waals surface area contributed by atoms with Crippen molar-refractivity contribution in [2.24, 2.45) is 5.92 Å². The summed E-state index contributed by atoms with van der Waals surface area (Å²) < 4.78 is 13.0. The Morgan fingerprint density at radius 3 is 2.36 bits per heavy atom. The van der Waals surface area contributed by atoms with Gasteiger partial charge in [-0.2, -0.15) is 0 Å². The van der Waals surface area contributed by atoms with Crippen LogP contribution < -0.4 is 11.1 Å². The minimum Gasteiger partial charge on any atom is -0.399 e. The molecule has 0 fully saturated rings. The van der Waals surface area contributed by atoms with Crippen LogP contribution >= 0.6 is 0 Å². The highest BCUT2D eigenvalue weighted by Gasteiger charge is 2.07. The van der Waals surface area contributed by atoms with Crippen molar-refractivity contribution in [1.82, 2.24) is 0 Å². The van der Waals surface area contributed by atoms with Gasteiger partial charge in [-0.15, -0.1) is 0 Å². The van der Waals surface area contributed by atoms with Crippen molar-refractivity contribution < 1.29 is 4.39 Å². The van der Waals surface area contributed by atoms with Crippen molar-refractivity contribution >= 4 is 11.4 Å². The van der Waals surface area contributed by atoms with Gasteiger partial charge >= 0.3 is 0 Å². The van der Waals surface area contributed by atoms with Crippen molar-refractivity contribution in [3.8, 4) is 0 Å². The summed E-state index contributed by atoms with van der Waals surface area (Å²) in [7, 11) is 0. The molecule has 0 aromatic heterocycles. The minimum atomic E-state index is -0.302. The number of nitrogen functional groups attached to an aromatic ring is 1. The van der Waals surface area contributed by atoms with Gasteiger partial charge in [-0.1, -0.05) is 13.8 Å². The van der Waals surface area contributed by atoms with E-state index in [0.717, 1.165) is 5.69 Å². The van der Waals surface area contributed by atoms with Gasteiger partial charge in [0.1, 0.15) is 5.82 Å². The second-order valence-corrected chi connectivity index (χ2v) is 3.95. The van der Waals surface area contributed by atoms with Gasteiger partial charge in [0.15, 0.2) is 0 Å². The zero-order valence-corrected chi connectivity index (χ0v) is 8.84. The number of hydrogen-bond acceptors (Lipinski definition) is 2. The summed E-state index contributed by atoms with van der Waals surface area (Å²) in [4.78, 5) is 0. The van der Waals surface area contributed by atoms with Gasteiger partial charge in [0.2, 0.25) is 0 Å². The first kappa shape index (κ1) is 10.8. The second-order valence-electron chi connectivity index (χ2n) is 3.95. The molecule has 3 heteroatoms. The van der Waals surface area contributed by atoms with E-state index in [9.17, 15) is 4.39 Å². The molecule has 0 aliphatic rings. The Balaban J connectivity index is 2.76. The molecule has 0 radical (unpaired) electrons. The molecule has 0 saturated carbocycles. The van der Waals surface area contributed by atoms with E-state index in [0.29, 0.717) is 17.6 Å². The van der Waals surface area contributed by atoms with Crippen LogP contribution in [0.4, 0.5) is 15.8 Å². The van der Waals surface area contributed by atoms with Crippen molar-refractivity contribution in [2.75, 3.05) is 11.1 Å². The lowest BCUT2D eigenvalue weighted by atomic mass is 10.1. The van der Waals surface area contributed by atoms with E-state index < -0.39 is 0 Å². The fourth-order valence-corrected chi connectivity index (χ4v) is 1.13. The Morgan fingerprint density at radius 1 is 1.21 bits per heavy atom. The Morgan fingerprint density at radius 2 is 1.86 bits per heavy atom. The summed E-state index contributed by atoms with van der Waals surface area (Å²) in [5.41, 5.74) is 6.72. The van der Waals surface area contributed by atoms with E-state index in [-0.39, 0.29) is 5.82 Å². The fourth-order valence-electron chi connectivity index (χ4n) is 1.13. The third kappa shape index (κ3) is 2.91. The second kappa shape index (κ2) is 4.31. The maximum Gasteiger partial charge on any atom is 0.127 e. The SMILES string of the molecule is CC(C)C(C)Nc1cc(N)cc(F)c1. The maximum absolute atomic E-state index is 13.0. The van der Waals surface area contributed by atoms with Gasteiger partial charge in [0, 0.05) is 17.4 Å². The largest absolute Gasteiger partial charge is 0.399 e. The zero-order chi connectivity index (χ0) is 10.7. The molecule has 0 heterocycles. The molecule has 0 amide bonds. The molecule has 78 valence electrons. The lowest BCUT2D eigenvalue weighted by Crippen LogP contribution is -2.21. The minimum absolute atomic E-state index is 0.302. The molecule has 1 rings (SSSR count). The predicted molar refractivity (Wildman–Crippen MR) is 58.7 cm³/mol. The third-order valence-corrected chi connectivity index (χ3v) is 2.31. The molecule has 1 unspecified atom stereocenters. The van der Waals surface area contributed by atoms with Crippen LogP contribution in [0.15, 0.2) is 18.2 Å².